The third-order valence-electron chi connectivity index (χ3n) is 1.89. The smallest absolute Gasteiger partial charge is 0.206 e. The zero-order chi connectivity index (χ0) is 10.3. The Labute approximate surface area is 90.6 Å². The molecular weight excluding hydrogens is 240 g/mol. The molecule has 5 heteroatoms. The first-order chi connectivity index (χ1) is 6.47. The van der Waals surface area contributed by atoms with Crippen LogP contribution in [0.15, 0.2) is 28.5 Å². The molecule has 2 aromatic rings. The molecule has 74 valence electrons. The van der Waals surface area contributed by atoms with Crippen LogP contribution in [0, 0.1) is 6.92 Å². The van der Waals surface area contributed by atoms with Crippen LogP contribution < -0.4 is 0 Å². The number of fused-ring (bicyclic) bond motifs is 1. The molecule has 0 amide bonds. The number of hydrogen-bond acceptors (Lipinski definition) is 3. The SMILES string of the molecule is Cc1ccc2cc(S(=O)(=O)Cl)sc2c1. The van der Waals surface area contributed by atoms with Crippen molar-refractivity contribution in [3.63, 3.8) is 0 Å². The topological polar surface area (TPSA) is 34.1 Å². The van der Waals surface area contributed by atoms with Crippen molar-refractivity contribution < 1.29 is 8.42 Å². The summed E-state index contributed by atoms with van der Waals surface area (Å²) in [4.78, 5) is 0. The van der Waals surface area contributed by atoms with Crippen LogP contribution in [0.4, 0.5) is 0 Å². The predicted octanol–water partition coefficient (Wildman–Crippen LogP) is 3.14. The van der Waals surface area contributed by atoms with Crippen LogP contribution in [0.2, 0.25) is 0 Å². The number of thiophene rings is 1. The highest BCUT2D eigenvalue weighted by atomic mass is 35.7. The monoisotopic (exact) mass is 246 g/mol. The van der Waals surface area contributed by atoms with Gasteiger partial charge in [-0.25, -0.2) is 8.42 Å². The largest absolute Gasteiger partial charge is 0.270 e. The molecule has 0 saturated carbocycles. The molecule has 0 bridgehead atoms. The molecule has 0 radical (unpaired) electrons. The molecule has 0 aliphatic carbocycles. The van der Waals surface area contributed by atoms with Crippen LogP contribution in [0.25, 0.3) is 10.1 Å². The molecule has 0 N–H and O–H groups in total. The molecule has 14 heavy (non-hydrogen) atoms. The van der Waals surface area contributed by atoms with Crippen molar-refractivity contribution in [3.8, 4) is 0 Å². The summed E-state index contributed by atoms with van der Waals surface area (Å²) in [6.45, 7) is 1.97. The first kappa shape index (κ1) is 9.96. The van der Waals surface area contributed by atoms with Crippen molar-refractivity contribution in [2.24, 2.45) is 0 Å². The minimum absolute atomic E-state index is 0.208. The first-order valence-corrected chi connectivity index (χ1v) is 7.04. The van der Waals surface area contributed by atoms with Gasteiger partial charge in [-0.3, -0.25) is 0 Å². The second kappa shape index (κ2) is 3.22. The summed E-state index contributed by atoms with van der Waals surface area (Å²) in [5, 5.41) is 0.917. The molecular formula is C9H7ClO2S2. The molecule has 1 aromatic heterocycles. The van der Waals surface area contributed by atoms with Gasteiger partial charge in [-0.05, 0) is 30.0 Å². The lowest BCUT2D eigenvalue weighted by Crippen LogP contribution is -1.83. The van der Waals surface area contributed by atoms with Gasteiger partial charge in [-0.15, -0.1) is 11.3 Å². The van der Waals surface area contributed by atoms with E-state index in [4.69, 9.17) is 10.7 Å². The third kappa shape index (κ3) is 1.78. The molecule has 0 unspecified atom stereocenters. The van der Waals surface area contributed by atoms with E-state index >= 15 is 0 Å². The van der Waals surface area contributed by atoms with Crippen LogP contribution >= 0.6 is 22.0 Å². The molecule has 0 aliphatic rings. The van der Waals surface area contributed by atoms with Gasteiger partial charge in [0, 0.05) is 15.4 Å². The molecule has 2 nitrogen and oxygen atoms in total. The van der Waals surface area contributed by atoms with Gasteiger partial charge in [0.15, 0.2) is 0 Å². The Morgan fingerprint density at radius 2 is 2.00 bits per heavy atom. The molecule has 0 aliphatic heterocycles. The maximum Gasteiger partial charge on any atom is 0.270 e. The lowest BCUT2D eigenvalue weighted by atomic mass is 10.2. The zero-order valence-corrected chi connectivity index (χ0v) is 9.71. The first-order valence-electron chi connectivity index (χ1n) is 3.92. The van der Waals surface area contributed by atoms with E-state index in [2.05, 4.69) is 0 Å². The zero-order valence-electron chi connectivity index (χ0n) is 7.32. The van der Waals surface area contributed by atoms with Gasteiger partial charge >= 0.3 is 0 Å². The van der Waals surface area contributed by atoms with Crippen molar-refractivity contribution in [2.75, 3.05) is 0 Å². The standard InChI is InChI=1S/C9H7ClO2S2/c1-6-2-3-7-5-9(14(10,11)12)13-8(7)4-6/h2-5H,1H3. The maximum absolute atomic E-state index is 11.1. The fraction of sp³-hybridized carbons (Fsp3) is 0.111. The van der Waals surface area contributed by atoms with E-state index in [1.165, 1.54) is 11.3 Å². The average Bonchev–Trinajstić information content (AvgIpc) is 2.45. The van der Waals surface area contributed by atoms with Gasteiger partial charge < -0.3 is 0 Å². The Morgan fingerprint density at radius 3 is 2.64 bits per heavy atom. The second-order valence-electron chi connectivity index (χ2n) is 3.04. The summed E-state index contributed by atoms with van der Waals surface area (Å²) in [6.07, 6.45) is 0. The fourth-order valence-corrected chi connectivity index (χ4v) is 3.48. The number of rotatable bonds is 1. The van der Waals surface area contributed by atoms with Gasteiger partial charge in [-0.2, -0.15) is 0 Å². The molecule has 0 saturated heterocycles. The average molecular weight is 247 g/mol. The molecule has 0 spiro atoms. The quantitative estimate of drug-likeness (QED) is 0.725. The Bertz CT molecular complexity index is 584. The van der Waals surface area contributed by atoms with E-state index in [0.29, 0.717) is 0 Å². The van der Waals surface area contributed by atoms with Crippen molar-refractivity contribution in [3.05, 3.63) is 29.8 Å². The summed E-state index contributed by atoms with van der Waals surface area (Å²) in [6, 6.07) is 7.39. The predicted molar refractivity (Wildman–Crippen MR) is 59.6 cm³/mol. The minimum atomic E-state index is -3.59. The van der Waals surface area contributed by atoms with E-state index in [0.717, 1.165) is 15.6 Å². The van der Waals surface area contributed by atoms with E-state index in [1.807, 2.05) is 25.1 Å². The summed E-state index contributed by atoms with van der Waals surface area (Å²) >= 11 is 1.20. The highest BCUT2D eigenvalue weighted by Crippen LogP contribution is 2.31. The van der Waals surface area contributed by atoms with Crippen LogP contribution in [-0.2, 0) is 9.05 Å². The van der Waals surface area contributed by atoms with Crippen LogP contribution in [0.5, 0.6) is 0 Å². The Morgan fingerprint density at radius 1 is 1.29 bits per heavy atom. The van der Waals surface area contributed by atoms with Crippen LogP contribution in [-0.4, -0.2) is 8.42 Å². The van der Waals surface area contributed by atoms with Gasteiger partial charge in [0.25, 0.3) is 9.05 Å². The summed E-state index contributed by atoms with van der Waals surface area (Å²) < 4.78 is 23.3. The number of hydrogen-bond donors (Lipinski definition) is 0. The van der Waals surface area contributed by atoms with Gasteiger partial charge in [0.2, 0.25) is 0 Å². The summed E-state index contributed by atoms with van der Waals surface area (Å²) in [7, 11) is 1.67. The van der Waals surface area contributed by atoms with Crippen molar-refractivity contribution in [2.45, 2.75) is 11.1 Å². The van der Waals surface area contributed by atoms with E-state index in [1.54, 1.807) is 6.07 Å². The molecule has 0 fully saturated rings. The van der Waals surface area contributed by atoms with E-state index in [9.17, 15) is 8.42 Å². The third-order valence-corrected chi connectivity index (χ3v) is 5.07. The van der Waals surface area contributed by atoms with Gasteiger partial charge in [0.1, 0.15) is 4.21 Å². The summed E-state index contributed by atoms with van der Waals surface area (Å²) in [5.41, 5.74) is 1.11. The number of halogens is 1. The molecule has 0 atom stereocenters. The van der Waals surface area contributed by atoms with E-state index < -0.39 is 9.05 Å². The molecule has 2 rings (SSSR count). The molecule has 1 aromatic carbocycles. The van der Waals surface area contributed by atoms with Crippen molar-refractivity contribution in [1.29, 1.82) is 0 Å². The summed E-state index contributed by atoms with van der Waals surface area (Å²) in [5.74, 6) is 0. The highest BCUT2D eigenvalue weighted by Gasteiger charge is 2.13. The Kier molecular flexibility index (Phi) is 2.29. The minimum Gasteiger partial charge on any atom is -0.206 e. The number of aryl methyl sites for hydroxylation is 1. The Balaban J connectivity index is 2.75. The fourth-order valence-electron chi connectivity index (χ4n) is 1.23. The normalized spacial score (nSPS) is 12.1. The van der Waals surface area contributed by atoms with Gasteiger partial charge in [-0.1, -0.05) is 12.1 Å². The van der Waals surface area contributed by atoms with Crippen molar-refractivity contribution >= 4 is 41.2 Å². The second-order valence-corrected chi connectivity index (χ2v) is 6.92. The van der Waals surface area contributed by atoms with Crippen LogP contribution in [0.3, 0.4) is 0 Å². The molecule has 1 heterocycles. The number of benzene rings is 1. The lowest BCUT2D eigenvalue weighted by Gasteiger charge is -1.89. The van der Waals surface area contributed by atoms with E-state index in [-0.39, 0.29) is 4.21 Å². The van der Waals surface area contributed by atoms with Crippen molar-refractivity contribution in [1.82, 2.24) is 0 Å². The Hall–Kier alpha value is -0.580. The lowest BCUT2D eigenvalue weighted by molar-refractivity contribution is 0.611. The van der Waals surface area contributed by atoms with Gasteiger partial charge in [0.05, 0.1) is 0 Å². The van der Waals surface area contributed by atoms with Crippen LogP contribution in [0.1, 0.15) is 5.56 Å². The maximum atomic E-state index is 11.1. The highest BCUT2D eigenvalue weighted by molar-refractivity contribution is 8.15.